The minimum Gasteiger partial charge on any atom is -0.508 e. The molecule has 7 nitrogen and oxygen atoms in total. The fraction of sp³-hybridized carbons (Fsp3) is 0.158. The zero-order valence-corrected chi connectivity index (χ0v) is 15.0. The Kier molecular flexibility index (Phi) is 4.37. The van der Waals surface area contributed by atoms with Crippen molar-refractivity contribution in [1.29, 1.82) is 0 Å². The second kappa shape index (κ2) is 6.85. The lowest BCUT2D eigenvalue weighted by molar-refractivity contribution is 0.475. The molecule has 3 N–H and O–H groups in total. The van der Waals surface area contributed by atoms with Crippen molar-refractivity contribution in [2.24, 2.45) is 0 Å². The van der Waals surface area contributed by atoms with E-state index in [1.54, 1.807) is 30.3 Å². The largest absolute Gasteiger partial charge is 0.508 e. The predicted octanol–water partition coefficient (Wildman–Crippen LogP) is 2.33. The number of hydrogen-bond acceptors (Lipinski definition) is 5. The van der Waals surface area contributed by atoms with Crippen molar-refractivity contribution < 1.29 is 5.11 Å². The predicted molar refractivity (Wildman–Crippen MR) is 105 cm³/mol. The van der Waals surface area contributed by atoms with Crippen LogP contribution in [0.1, 0.15) is 11.1 Å². The van der Waals surface area contributed by atoms with Crippen molar-refractivity contribution in [3.8, 4) is 5.75 Å². The Bertz CT molecular complexity index is 1110. The lowest BCUT2D eigenvalue weighted by atomic mass is 10.2. The molecule has 0 radical (unpaired) electrons. The Hall–Kier alpha value is -3.19. The summed E-state index contributed by atoms with van der Waals surface area (Å²) >= 11 is 6.22. The zero-order chi connectivity index (χ0) is 19.0. The van der Waals surface area contributed by atoms with Crippen LogP contribution >= 0.6 is 11.6 Å². The highest BCUT2D eigenvalue weighted by Gasteiger charge is 2.23. The topological polar surface area (TPSA) is 90.4 Å². The number of phenolic OH excluding ortho intramolecular Hbond substituents is 1. The van der Waals surface area contributed by atoms with Gasteiger partial charge in [0.1, 0.15) is 11.6 Å². The van der Waals surface area contributed by atoms with Gasteiger partial charge in [-0.05, 0) is 35.9 Å². The number of anilines is 2. The first kappa shape index (κ1) is 17.2. The lowest BCUT2D eigenvalue weighted by Gasteiger charge is -2.32. The van der Waals surface area contributed by atoms with Crippen LogP contribution in [0.4, 0.5) is 11.5 Å². The van der Waals surface area contributed by atoms with Crippen LogP contribution in [0.2, 0.25) is 5.02 Å². The molecular formula is C19H17ClN4O3. The molecule has 138 valence electrons. The molecule has 0 saturated heterocycles. The van der Waals surface area contributed by atoms with E-state index < -0.39 is 11.2 Å². The van der Waals surface area contributed by atoms with Crippen LogP contribution in [0.15, 0.2) is 58.1 Å². The summed E-state index contributed by atoms with van der Waals surface area (Å²) < 4.78 is 1.49. The SMILES string of the molecule is O=c1[nH]c(=O)n(Cc2ccccc2Cl)c2c1CN(c1ccc(O)cc1)CN2. The number of fused-ring (bicyclic) bond motifs is 1. The average molecular weight is 385 g/mol. The standard InChI is InChI=1S/C19H17ClN4O3/c20-16-4-2-1-3-12(16)9-24-17-15(18(26)22-19(24)27)10-23(11-21-17)13-5-7-14(25)8-6-13/h1-8,21,25H,9-11H2,(H,22,26,27). The molecular weight excluding hydrogens is 368 g/mol. The van der Waals surface area contributed by atoms with E-state index in [1.165, 1.54) is 4.57 Å². The number of halogens is 1. The average Bonchev–Trinajstić information content (AvgIpc) is 2.67. The summed E-state index contributed by atoms with van der Waals surface area (Å²) in [7, 11) is 0. The van der Waals surface area contributed by atoms with E-state index in [0.29, 0.717) is 29.6 Å². The number of aromatic nitrogens is 2. The van der Waals surface area contributed by atoms with Gasteiger partial charge in [-0.15, -0.1) is 0 Å². The minimum atomic E-state index is -0.482. The molecule has 27 heavy (non-hydrogen) atoms. The van der Waals surface area contributed by atoms with Crippen LogP contribution in [-0.2, 0) is 13.1 Å². The van der Waals surface area contributed by atoms with Crippen LogP contribution in [0, 0.1) is 0 Å². The van der Waals surface area contributed by atoms with Crippen molar-refractivity contribution in [3.63, 3.8) is 0 Å². The van der Waals surface area contributed by atoms with Crippen LogP contribution in [-0.4, -0.2) is 21.3 Å². The third-order valence-electron chi connectivity index (χ3n) is 4.58. The molecule has 0 saturated carbocycles. The van der Waals surface area contributed by atoms with Crippen molar-refractivity contribution in [2.45, 2.75) is 13.1 Å². The maximum atomic E-state index is 12.4. The van der Waals surface area contributed by atoms with Crippen LogP contribution in [0.25, 0.3) is 0 Å². The fourth-order valence-corrected chi connectivity index (χ4v) is 3.37. The number of phenols is 1. The Labute approximate surface area is 159 Å². The molecule has 2 aromatic carbocycles. The number of aromatic amines is 1. The second-order valence-electron chi connectivity index (χ2n) is 6.31. The molecule has 0 atom stereocenters. The van der Waals surface area contributed by atoms with E-state index in [2.05, 4.69) is 10.3 Å². The third kappa shape index (κ3) is 3.29. The summed E-state index contributed by atoms with van der Waals surface area (Å²) in [6.07, 6.45) is 0. The molecule has 0 unspecified atom stereocenters. The lowest BCUT2D eigenvalue weighted by Crippen LogP contribution is -2.43. The first-order valence-corrected chi connectivity index (χ1v) is 8.78. The van der Waals surface area contributed by atoms with Gasteiger partial charge in [0.05, 0.1) is 25.3 Å². The molecule has 0 bridgehead atoms. The van der Waals surface area contributed by atoms with Crippen molar-refractivity contribution in [1.82, 2.24) is 9.55 Å². The van der Waals surface area contributed by atoms with Gasteiger partial charge in [-0.3, -0.25) is 14.3 Å². The Morgan fingerprint density at radius 2 is 1.81 bits per heavy atom. The molecule has 0 spiro atoms. The number of H-pyrrole nitrogens is 1. The quantitative estimate of drug-likeness (QED) is 0.644. The molecule has 1 aliphatic heterocycles. The summed E-state index contributed by atoms with van der Waals surface area (Å²) in [5, 5.41) is 13.2. The maximum Gasteiger partial charge on any atom is 0.330 e. The van der Waals surface area contributed by atoms with Gasteiger partial charge in [0.2, 0.25) is 0 Å². The number of rotatable bonds is 3. The smallest absolute Gasteiger partial charge is 0.330 e. The number of nitrogens with one attached hydrogen (secondary N) is 2. The van der Waals surface area contributed by atoms with Gasteiger partial charge >= 0.3 is 5.69 Å². The highest BCUT2D eigenvalue weighted by atomic mass is 35.5. The second-order valence-corrected chi connectivity index (χ2v) is 6.72. The summed E-state index contributed by atoms with van der Waals surface area (Å²) in [5.41, 5.74) is 1.22. The zero-order valence-electron chi connectivity index (χ0n) is 14.3. The summed E-state index contributed by atoms with van der Waals surface area (Å²) in [6.45, 7) is 1.01. The van der Waals surface area contributed by atoms with Gasteiger partial charge in [0.25, 0.3) is 5.56 Å². The molecule has 8 heteroatoms. The Morgan fingerprint density at radius 1 is 1.07 bits per heavy atom. The number of hydrogen-bond donors (Lipinski definition) is 3. The molecule has 1 aromatic heterocycles. The van der Waals surface area contributed by atoms with Crippen molar-refractivity contribution >= 4 is 23.1 Å². The maximum absolute atomic E-state index is 12.4. The number of benzene rings is 2. The molecule has 0 fully saturated rings. The minimum absolute atomic E-state index is 0.176. The van der Waals surface area contributed by atoms with E-state index in [4.69, 9.17) is 11.6 Å². The molecule has 0 amide bonds. The molecule has 4 rings (SSSR count). The monoisotopic (exact) mass is 384 g/mol. The van der Waals surface area contributed by atoms with Crippen molar-refractivity contribution in [3.05, 3.63) is 85.5 Å². The van der Waals surface area contributed by atoms with Gasteiger partial charge in [-0.2, -0.15) is 0 Å². The molecule has 3 aromatic rings. The van der Waals surface area contributed by atoms with Crippen molar-refractivity contribution in [2.75, 3.05) is 16.9 Å². The first-order chi connectivity index (χ1) is 13.0. The Morgan fingerprint density at radius 3 is 2.56 bits per heavy atom. The van der Waals surface area contributed by atoms with Gasteiger partial charge in [-0.25, -0.2) is 4.79 Å². The van der Waals surface area contributed by atoms with E-state index in [0.717, 1.165) is 11.3 Å². The fourth-order valence-electron chi connectivity index (χ4n) is 3.17. The van der Waals surface area contributed by atoms with Gasteiger partial charge in [0.15, 0.2) is 0 Å². The van der Waals surface area contributed by atoms with E-state index in [9.17, 15) is 14.7 Å². The van der Waals surface area contributed by atoms with Gasteiger partial charge < -0.3 is 15.3 Å². The van der Waals surface area contributed by atoms with E-state index in [-0.39, 0.29) is 12.3 Å². The summed E-state index contributed by atoms with van der Waals surface area (Å²) in [6, 6.07) is 14.0. The molecule has 2 heterocycles. The highest BCUT2D eigenvalue weighted by Crippen LogP contribution is 2.26. The molecule has 0 aliphatic carbocycles. The number of nitrogens with zero attached hydrogens (tertiary/aromatic N) is 2. The number of aromatic hydroxyl groups is 1. The van der Waals surface area contributed by atoms with E-state index in [1.807, 2.05) is 23.1 Å². The molecule has 1 aliphatic rings. The van der Waals surface area contributed by atoms with Crippen LogP contribution in [0.3, 0.4) is 0 Å². The normalized spacial score (nSPS) is 13.1. The highest BCUT2D eigenvalue weighted by molar-refractivity contribution is 6.31. The van der Waals surface area contributed by atoms with E-state index >= 15 is 0 Å². The van der Waals surface area contributed by atoms with Crippen LogP contribution < -0.4 is 21.5 Å². The van der Waals surface area contributed by atoms with Crippen LogP contribution in [0.5, 0.6) is 5.75 Å². The Balaban J connectivity index is 1.72. The summed E-state index contributed by atoms with van der Waals surface area (Å²) in [5.74, 6) is 0.675. The third-order valence-corrected chi connectivity index (χ3v) is 4.95. The van der Waals surface area contributed by atoms with Gasteiger partial charge in [0, 0.05) is 10.7 Å². The first-order valence-electron chi connectivity index (χ1n) is 8.40. The summed E-state index contributed by atoms with van der Waals surface area (Å²) in [4.78, 5) is 29.1. The van der Waals surface area contributed by atoms with Gasteiger partial charge in [-0.1, -0.05) is 29.8 Å².